The number of ether oxygens (including phenoxy) is 1. The molecule has 23 heavy (non-hydrogen) atoms. The third kappa shape index (κ3) is 4.31. The number of hydrogen-bond acceptors (Lipinski definition) is 5. The van der Waals surface area contributed by atoms with E-state index in [0.29, 0.717) is 26.1 Å². The Balaban J connectivity index is 2.11. The van der Waals surface area contributed by atoms with Crippen molar-refractivity contribution in [1.29, 1.82) is 0 Å². The molecule has 0 unspecified atom stereocenters. The molecule has 2 N–H and O–H groups in total. The molecule has 0 aromatic carbocycles. The number of nitrogens with one attached hydrogen (secondary N) is 1. The molecule has 1 fully saturated rings. The third-order valence-electron chi connectivity index (χ3n) is 4.47. The van der Waals surface area contributed by atoms with Crippen molar-refractivity contribution < 1.29 is 24.0 Å². The van der Waals surface area contributed by atoms with Gasteiger partial charge < -0.3 is 19.7 Å². The summed E-state index contributed by atoms with van der Waals surface area (Å²) in [7, 11) is 0. The van der Waals surface area contributed by atoms with Gasteiger partial charge in [0.15, 0.2) is 0 Å². The van der Waals surface area contributed by atoms with Gasteiger partial charge in [-0.3, -0.25) is 9.59 Å². The number of hydrogen-bond donors (Lipinski definition) is 2. The SMILES string of the molecule is CCC(CC)c1cc(C(=O)NC2(CC(=O)O)CCOCC2)on1. The minimum absolute atomic E-state index is 0.128. The number of carboxylic acid groups (broad SMARTS) is 1. The summed E-state index contributed by atoms with van der Waals surface area (Å²) in [6, 6.07) is 1.65. The number of carbonyl (C=O) groups is 2. The number of aliphatic carboxylic acids is 1. The number of rotatable bonds is 7. The first kappa shape index (κ1) is 17.5. The summed E-state index contributed by atoms with van der Waals surface area (Å²) in [6.07, 6.45) is 2.65. The Kier molecular flexibility index (Phi) is 5.76. The fraction of sp³-hybridized carbons (Fsp3) is 0.688. The molecule has 0 atom stereocenters. The lowest BCUT2D eigenvalue weighted by Gasteiger charge is -2.36. The maximum absolute atomic E-state index is 12.4. The highest BCUT2D eigenvalue weighted by Gasteiger charge is 2.37. The van der Waals surface area contributed by atoms with Gasteiger partial charge in [-0.05, 0) is 25.7 Å². The van der Waals surface area contributed by atoms with Crippen LogP contribution in [0.15, 0.2) is 10.6 Å². The molecule has 1 amide bonds. The molecule has 1 aliphatic heterocycles. The van der Waals surface area contributed by atoms with Crippen LogP contribution < -0.4 is 5.32 Å². The summed E-state index contributed by atoms with van der Waals surface area (Å²) in [5.41, 5.74) is -0.0253. The predicted molar refractivity (Wildman–Crippen MR) is 82.3 cm³/mol. The largest absolute Gasteiger partial charge is 0.481 e. The lowest BCUT2D eigenvalue weighted by molar-refractivity contribution is -0.139. The second-order valence-corrected chi connectivity index (χ2v) is 6.05. The van der Waals surface area contributed by atoms with E-state index in [2.05, 4.69) is 24.3 Å². The first-order valence-corrected chi connectivity index (χ1v) is 8.08. The van der Waals surface area contributed by atoms with Crippen LogP contribution in [0.5, 0.6) is 0 Å². The van der Waals surface area contributed by atoms with Gasteiger partial charge >= 0.3 is 5.97 Å². The van der Waals surface area contributed by atoms with Crippen molar-refractivity contribution in [3.05, 3.63) is 17.5 Å². The van der Waals surface area contributed by atoms with Crippen LogP contribution in [0.2, 0.25) is 0 Å². The minimum Gasteiger partial charge on any atom is -0.481 e. The van der Waals surface area contributed by atoms with Gasteiger partial charge in [0.2, 0.25) is 5.76 Å². The monoisotopic (exact) mass is 324 g/mol. The highest BCUT2D eigenvalue weighted by Crippen LogP contribution is 2.26. The standard InChI is InChI=1S/C16H24N2O5/c1-3-11(4-2)12-9-13(23-18-12)15(21)17-16(10-14(19)20)5-7-22-8-6-16/h9,11H,3-8,10H2,1-2H3,(H,17,21)(H,19,20). The Morgan fingerprint density at radius 1 is 1.35 bits per heavy atom. The van der Waals surface area contributed by atoms with E-state index in [-0.39, 0.29) is 18.1 Å². The molecular formula is C16H24N2O5. The van der Waals surface area contributed by atoms with Gasteiger partial charge in [0.05, 0.1) is 17.7 Å². The van der Waals surface area contributed by atoms with E-state index in [1.165, 1.54) is 0 Å². The summed E-state index contributed by atoms with van der Waals surface area (Å²) in [5, 5.41) is 15.9. The summed E-state index contributed by atoms with van der Waals surface area (Å²) in [6.45, 7) is 4.99. The van der Waals surface area contributed by atoms with Gasteiger partial charge in [-0.25, -0.2) is 0 Å². The van der Waals surface area contributed by atoms with Crippen molar-refractivity contribution in [2.45, 2.75) is 57.4 Å². The van der Waals surface area contributed by atoms with Crippen molar-refractivity contribution in [3.63, 3.8) is 0 Å². The number of amides is 1. The number of nitrogens with zero attached hydrogens (tertiary/aromatic N) is 1. The van der Waals surface area contributed by atoms with Gasteiger partial charge in [0, 0.05) is 25.2 Å². The Bertz CT molecular complexity index is 544. The van der Waals surface area contributed by atoms with Gasteiger partial charge in [0.1, 0.15) is 0 Å². The maximum atomic E-state index is 12.4. The summed E-state index contributed by atoms with van der Waals surface area (Å²) in [5.74, 6) is -0.972. The fourth-order valence-electron chi connectivity index (χ4n) is 3.00. The second-order valence-electron chi connectivity index (χ2n) is 6.05. The summed E-state index contributed by atoms with van der Waals surface area (Å²) < 4.78 is 10.4. The number of carbonyl (C=O) groups excluding carboxylic acids is 1. The average Bonchev–Trinajstić information content (AvgIpc) is 2.98. The maximum Gasteiger partial charge on any atom is 0.305 e. The number of carboxylic acids is 1. The first-order valence-electron chi connectivity index (χ1n) is 8.08. The molecule has 0 radical (unpaired) electrons. The lowest BCUT2D eigenvalue weighted by Crippen LogP contribution is -2.53. The van der Waals surface area contributed by atoms with Crippen molar-refractivity contribution in [3.8, 4) is 0 Å². The molecule has 7 heteroatoms. The smallest absolute Gasteiger partial charge is 0.305 e. The van der Waals surface area contributed by atoms with Crippen molar-refractivity contribution in [2.75, 3.05) is 13.2 Å². The van der Waals surface area contributed by atoms with E-state index < -0.39 is 17.4 Å². The van der Waals surface area contributed by atoms with Crippen LogP contribution >= 0.6 is 0 Å². The van der Waals surface area contributed by atoms with E-state index in [9.17, 15) is 9.59 Å². The Morgan fingerprint density at radius 2 is 2.00 bits per heavy atom. The molecule has 128 valence electrons. The summed E-state index contributed by atoms with van der Waals surface area (Å²) in [4.78, 5) is 23.6. The zero-order valence-corrected chi connectivity index (χ0v) is 13.6. The van der Waals surface area contributed by atoms with Crippen LogP contribution in [-0.2, 0) is 9.53 Å². The fourth-order valence-corrected chi connectivity index (χ4v) is 3.00. The molecule has 1 aliphatic rings. The van der Waals surface area contributed by atoms with Gasteiger partial charge in [-0.1, -0.05) is 19.0 Å². The molecule has 0 spiro atoms. The highest BCUT2D eigenvalue weighted by atomic mass is 16.5. The predicted octanol–water partition coefficient (Wildman–Crippen LogP) is 2.33. The van der Waals surface area contributed by atoms with Crippen LogP contribution in [0.4, 0.5) is 0 Å². The Morgan fingerprint density at radius 3 is 2.57 bits per heavy atom. The molecule has 0 bridgehead atoms. The average molecular weight is 324 g/mol. The van der Waals surface area contributed by atoms with Gasteiger partial charge in [-0.2, -0.15) is 0 Å². The number of aromatic nitrogens is 1. The summed E-state index contributed by atoms with van der Waals surface area (Å²) >= 11 is 0. The van der Waals surface area contributed by atoms with Gasteiger partial charge in [0.25, 0.3) is 5.91 Å². The first-order chi connectivity index (χ1) is 11.0. The normalized spacial score (nSPS) is 17.2. The minimum atomic E-state index is -0.942. The van der Waals surface area contributed by atoms with Crippen LogP contribution in [0.25, 0.3) is 0 Å². The van der Waals surface area contributed by atoms with E-state index in [1.807, 2.05) is 0 Å². The van der Waals surface area contributed by atoms with E-state index >= 15 is 0 Å². The molecule has 1 aromatic rings. The van der Waals surface area contributed by atoms with Crippen molar-refractivity contribution in [1.82, 2.24) is 10.5 Å². The Hall–Kier alpha value is -1.89. The van der Waals surface area contributed by atoms with Crippen LogP contribution in [0.1, 0.15) is 68.1 Å². The lowest BCUT2D eigenvalue weighted by atomic mass is 9.86. The molecule has 0 saturated carbocycles. The molecule has 1 saturated heterocycles. The third-order valence-corrected chi connectivity index (χ3v) is 4.47. The zero-order chi connectivity index (χ0) is 16.9. The van der Waals surface area contributed by atoms with Crippen molar-refractivity contribution in [2.24, 2.45) is 0 Å². The molecule has 2 rings (SSSR count). The van der Waals surface area contributed by atoms with Crippen LogP contribution in [0, 0.1) is 0 Å². The second kappa shape index (κ2) is 7.59. The molecule has 7 nitrogen and oxygen atoms in total. The molecular weight excluding hydrogens is 300 g/mol. The van der Waals surface area contributed by atoms with E-state index in [4.69, 9.17) is 14.4 Å². The molecule has 1 aromatic heterocycles. The Labute approximate surface area is 135 Å². The highest BCUT2D eigenvalue weighted by molar-refractivity contribution is 5.92. The van der Waals surface area contributed by atoms with Gasteiger partial charge in [-0.15, -0.1) is 0 Å². The van der Waals surface area contributed by atoms with Crippen LogP contribution in [0.3, 0.4) is 0 Å². The van der Waals surface area contributed by atoms with Crippen LogP contribution in [-0.4, -0.2) is 40.9 Å². The van der Waals surface area contributed by atoms with E-state index in [0.717, 1.165) is 18.5 Å². The topological polar surface area (TPSA) is 102 Å². The molecule has 2 heterocycles. The zero-order valence-electron chi connectivity index (χ0n) is 13.6. The quantitative estimate of drug-likeness (QED) is 0.798. The van der Waals surface area contributed by atoms with E-state index in [1.54, 1.807) is 6.07 Å². The molecule has 0 aliphatic carbocycles. The van der Waals surface area contributed by atoms with Crippen molar-refractivity contribution >= 4 is 11.9 Å².